The molecule has 5 N–H and O–H groups in total. The van der Waals surface area contributed by atoms with Crippen molar-refractivity contribution in [2.45, 2.75) is 37.7 Å². The van der Waals surface area contributed by atoms with Crippen molar-refractivity contribution in [3.63, 3.8) is 0 Å². The minimum atomic E-state index is -3.68. The van der Waals surface area contributed by atoms with Crippen LogP contribution >= 0.6 is 0 Å². The van der Waals surface area contributed by atoms with E-state index in [4.69, 9.17) is 10.5 Å². The highest BCUT2D eigenvalue weighted by molar-refractivity contribution is 7.89. The van der Waals surface area contributed by atoms with Crippen LogP contribution in [0.4, 0.5) is 10.5 Å². The standard InChI is InChI=1S/C30H35N3O7S/c1-41(38,39)32-29(35)26-15-10-23(18-27(26)21-4-2-3-5-21)20-8-13-25(14-9-20)40-17-16-33(30(36)37)19-28(34)22-6-11-24(31)12-7-22/h6-15,18,21,28,34H,2-5,16-17,19,31H2,1H3,(H,32,35)(H,36,37)/t28-/m1/s1. The fourth-order valence-electron chi connectivity index (χ4n) is 5.06. The second kappa shape index (κ2) is 13.0. The molecule has 0 bridgehead atoms. The summed E-state index contributed by atoms with van der Waals surface area (Å²) in [4.78, 5) is 25.5. The molecule has 0 aliphatic heterocycles. The van der Waals surface area contributed by atoms with E-state index in [1.165, 1.54) is 0 Å². The van der Waals surface area contributed by atoms with E-state index in [9.17, 15) is 28.2 Å². The highest BCUT2D eigenvalue weighted by atomic mass is 32.2. The lowest BCUT2D eigenvalue weighted by Gasteiger charge is -2.23. The number of sulfonamides is 1. The predicted molar refractivity (Wildman–Crippen MR) is 156 cm³/mol. The Morgan fingerprint density at radius 2 is 1.66 bits per heavy atom. The van der Waals surface area contributed by atoms with Gasteiger partial charge in [0.25, 0.3) is 5.91 Å². The molecule has 3 aromatic rings. The Morgan fingerprint density at radius 1 is 1.02 bits per heavy atom. The number of ether oxygens (including phenoxy) is 1. The Morgan fingerprint density at radius 3 is 2.27 bits per heavy atom. The average molecular weight is 582 g/mol. The molecule has 4 rings (SSSR count). The summed E-state index contributed by atoms with van der Waals surface area (Å²) >= 11 is 0. The van der Waals surface area contributed by atoms with Crippen LogP contribution in [0.5, 0.6) is 5.75 Å². The zero-order valence-electron chi connectivity index (χ0n) is 22.8. The minimum Gasteiger partial charge on any atom is -0.492 e. The van der Waals surface area contributed by atoms with Gasteiger partial charge in [-0.15, -0.1) is 0 Å². The summed E-state index contributed by atoms with van der Waals surface area (Å²) in [6.07, 6.45) is 2.82. The van der Waals surface area contributed by atoms with E-state index in [2.05, 4.69) is 4.72 Å². The molecule has 218 valence electrons. The van der Waals surface area contributed by atoms with E-state index in [-0.39, 0.29) is 25.6 Å². The Kier molecular flexibility index (Phi) is 9.51. The molecular formula is C30H35N3O7S. The van der Waals surface area contributed by atoms with Crippen molar-refractivity contribution in [3.8, 4) is 16.9 Å². The van der Waals surface area contributed by atoms with Gasteiger partial charge in [-0.2, -0.15) is 0 Å². The first-order chi connectivity index (χ1) is 19.5. The zero-order valence-corrected chi connectivity index (χ0v) is 23.6. The maximum absolute atomic E-state index is 12.7. The molecule has 41 heavy (non-hydrogen) atoms. The monoisotopic (exact) mass is 581 g/mol. The van der Waals surface area contributed by atoms with Gasteiger partial charge in [0.15, 0.2) is 0 Å². The molecule has 11 heteroatoms. The summed E-state index contributed by atoms with van der Waals surface area (Å²) in [5, 5.41) is 20.0. The largest absolute Gasteiger partial charge is 0.492 e. The second-order valence-electron chi connectivity index (χ2n) is 10.3. The average Bonchev–Trinajstić information content (AvgIpc) is 3.47. The fraction of sp³-hybridized carbons (Fsp3) is 0.333. The van der Waals surface area contributed by atoms with Crippen molar-refractivity contribution >= 4 is 27.7 Å². The van der Waals surface area contributed by atoms with Crippen LogP contribution in [0.15, 0.2) is 66.7 Å². The van der Waals surface area contributed by atoms with Crippen molar-refractivity contribution in [2.75, 3.05) is 31.7 Å². The number of hydrogen-bond acceptors (Lipinski definition) is 7. The number of nitrogen functional groups attached to an aromatic ring is 1. The van der Waals surface area contributed by atoms with Crippen LogP contribution < -0.4 is 15.2 Å². The van der Waals surface area contributed by atoms with Gasteiger partial charge >= 0.3 is 6.09 Å². The molecule has 1 aliphatic carbocycles. The smallest absolute Gasteiger partial charge is 0.407 e. The first-order valence-electron chi connectivity index (χ1n) is 13.4. The van der Waals surface area contributed by atoms with Gasteiger partial charge in [-0.05, 0) is 71.3 Å². The summed E-state index contributed by atoms with van der Waals surface area (Å²) < 4.78 is 31.1. The van der Waals surface area contributed by atoms with E-state index in [1.54, 1.807) is 48.5 Å². The van der Waals surface area contributed by atoms with Crippen LogP contribution in [-0.4, -0.2) is 61.5 Å². The number of anilines is 1. The maximum Gasteiger partial charge on any atom is 0.407 e. The number of amides is 2. The van der Waals surface area contributed by atoms with Crippen LogP contribution in [0.3, 0.4) is 0 Å². The van der Waals surface area contributed by atoms with Crippen LogP contribution in [0.25, 0.3) is 11.1 Å². The van der Waals surface area contributed by atoms with Gasteiger partial charge in [0, 0.05) is 11.3 Å². The number of carbonyl (C=O) groups excluding carboxylic acids is 1. The summed E-state index contributed by atoms with van der Waals surface area (Å²) in [5.74, 6) is 0.119. The number of aliphatic hydroxyl groups excluding tert-OH is 1. The van der Waals surface area contributed by atoms with Gasteiger partial charge in [0.2, 0.25) is 10.0 Å². The van der Waals surface area contributed by atoms with Crippen LogP contribution in [0, 0.1) is 0 Å². The molecule has 1 fully saturated rings. The van der Waals surface area contributed by atoms with Crippen molar-refractivity contribution in [3.05, 3.63) is 83.4 Å². The molecule has 0 heterocycles. The summed E-state index contributed by atoms with van der Waals surface area (Å²) in [5.41, 5.74) is 9.80. The van der Waals surface area contributed by atoms with Gasteiger partial charge < -0.3 is 25.6 Å². The van der Waals surface area contributed by atoms with E-state index >= 15 is 0 Å². The van der Waals surface area contributed by atoms with Crippen molar-refractivity contribution < 1.29 is 33.0 Å². The van der Waals surface area contributed by atoms with Gasteiger partial charge in [-0.3, -0.25) is 4.79 Å². The number of carboxylic acid groups (broad SMARTS) is 1. The summed E-state index contributed by atoms with van der Waals surface area (Å²) in [7, 11) is -3.68. The number of rotatable bonds is 11. The lowest BCUT2D eigenvalue weighted by molar-refractivity contribution is 0.0894. The Balaban J connectivity index is 1.40. The molecule has 0 aromatic heterocycles. The number of aliphatic hydroxyl groups is 1. The number of hydrogen-bond donors (Lipinski definition) is 4. The highest BCUT2D eigenvalue weighted by Gasteiger charge is 2.24. The molecule has 0 spiro atoms. The first-order valence-corrected chi connectivity index (χ1v) is 15.3. The molecule has 3 aromatic carbocycles. The molecular weight excluding hydrogens is 546 g/mol. The lowest BCUT2D eigenvalue weighted by Crippen LogP contribution is -2.36. The number of nitrogens with two attached hydrogens (primary N) is 1. The number of nitrogens with one attached hydrogen (secondary N) is 1. The second-order valence-corrected chi connectivity index (χ2v) is 12.0. The SMILES string of the molecule is CS(=O)(=O)NC(=O)c1ccc(-c2ccc(OCCN(C[C@@H](O)c3ccc(N)cc3)C(=O)O)cc2)cc1C1CCCC1. The number of carbonyl (C=O) groups is 2. The van der Waals surface area contributed by atoms with Gasteiger partial charge in [-0.1, -0.05) is 49.2 Å². The van der Waals surface area contributed by atoms with Crippen LogP contribution in [-0.2, 0) is 10.0 Å². The van der Waals surface area contributed by atoms with Gasteiger partial charge in [-0.25, -0.2) is 17.9 Å². The molecule has 10 nitrogen and oxygen atoms in total. The molecule has 2 amide bonds. The minimum absolute atomic E-state index is 0.0604. The van der Waals surface area contributed by atoms with Crippen LogP contribution in [0.1, 0.15) is 59.2 Å². The highest BCUT2D eigenvalue weighted by Crippen LogP contribution is 2.38. The summed E-state index contributed by atoms with van der Waals surface area (Å²) in [6, 6.07) is 19.4. The van der Waals surface area contributed by atoms with Crippen molar-refractivity contribution in [1.82, 2.24) is 9.62 Å². The third-order valence-corrected chi connectivity index (χ3v) is 7.73. The van der Waals surface area contributed by atoms with E-state index in [0.717, 1.165) is 53.5 Å². The van der Waals surface area contributed by atoms with E-state index < -0.39 is 28.1 Å². The Bertz CT molecular complexity index is 1470. The normalized spacial score (nSPS) is 14.4. The Hall–Kier alpha value is -4.09. The van der Waals surface area contributed by atoms with E-state index in [0.29, 0.717) is 22.6 Å². The Labute approximate surface area is 239 Å². The van der Waals surface area contributed by atoms with Crippen molar-refractivity contribution in [2.24, 2.45) is 0 Å². The predicted octanol–water partition coefficient (Wildman–Crippen LogP) is 4.38. The molecule has 1 saturated carbocycles. The maximum atomic E-state index is 12.7. The van der Waals surface area contributed by atoms with Crippen molar-refractivity contribution in [1.29, 1.82) is 0 Å². The number of nitrogens with zero attached hydrogens (tertiary/aromatic N) is 1. The third-order valence-electron chi connectivity index (χ3n) is 7.17. The third kappa shape index (κ3) is 8.21. The number of benzene rings is 3. The topological polar surface area (TPSA) is 159 Å². The van der Waals surface area contributed by atoms with E-state index in [1.807, 2.05) is 18.2 Å². The first kappa shape index (κ1) is 29.9. The molecule has 1 aliphatic rings. The molecule has 1 atom stereocenters. The molecule has 0 saturated heterocycles. The fourth-order valence-corrected chi connectivity index (χ4v) is 5.51. The van der Waals surface area contributed by atoms with Gasteiger partial charge in [0.05, 0.1) is 25.4 Å². The lowest BCUT2D eigenvalue weighted by atomic mass is 9.89. The van der Waals surface area contributed by atoms with Crippen LogP contribution in [0.2, 0.25) is 0 Å². The summed E-state index contributed by atoms with van der Waals surface area (Å²) in [6.45, 7) is 0.0457. The quantitative estimate of drug-likeness (QED) is 0.243. The van der Waals surface area contributed by atoms with Gasteiger partial charge in [0.1, 0.15) is 12.4 Å². The molecule has 0 radical (unpaired) electrons. The molecule has 0 unspecified atom stereocenters. The zero-order chi connectivity index (χ0) is 29.6.